The fraction of sp³-hybridized carbons (Fsp3) is 0.667. The minimum atomic E-state index is -0.0676. The lowest BCUT2D eigenvalue weighted by Gasteiger charge is -2.13. The van der Waals surface area contributed by atoms with Gasteiger partial charge in [0.25, 0.3) is 5.56 Å². The number of anilines is 1. The minimum Gasteiger partial charge on any atom is -0.369 e. The molecular formula is C12H18N4O. The van der Waals surface area contributed by atoms with Crippen LogP contribution < -0.4 is 16.6 Å². The molecule has 0 radical (unpaired) electrons. The number of aromatic amines is 1. The van der Waals surface area contributed by atoms with Crippen LogP contribution in [0.3, 0.4) is 0 Å². The zero-order valence-electron chi connectivity index (χ0n) is 9.83. The van der Waals surface area contributed by atoms with Crippen molar-refractivity contribution in [3.05, 3.63) is 22.2 Å². The van der Waals surface area contributed by atoms with Gasteiger partial charge in [-0.05, 0) is 37.6 Å². The highest BCUT2D eigenvalue weighted by molar-refractivity contribution is 5.35. The molecule has 17 heavy (non-hydrogen) atoms. The van der Waals surface area contributed by atoms with Crippen LogP contribution in [0.1, 0.15) is 37.4 Å². The van der Waals surface area contributed by atoms with E-state index >= 15 is 0 Å². The van der Waals surface area contributed by atoms with Crippen LogP contribution in [0.2, 0.25) is 0 Å². The number of nitrogens with zero attached hydrogens (tertiary/aromatic N) is 1. The van der Waals surface area contributed by atoms with Crippen molar-refractivity contribution in [1.82, 2.24) is 9.97 Å². The Balaban J connectivity index is 1.71. The van der Waals surface area contributed by atoms with Gasteiger partial charge in [0.15, 0.2) is 0 Å². The third-order valence-electron chi connectivity index (χ3n) is 3.76. The van der Waals surface area contributed by atoms with E-state index < -0.39 is 0 Å². The van der Waals surface area contributed by atoms with Gasteiger partial charge in [-0.1, -0.05) is 0 Å². The number of H-pyrrole nitrogens is 1. The predicted molar refractivity (Wildman–Crippen MR) is 66.0 cm³/mol. The lowest BCUT2D eigenvalue weighted by atomic mass is 10.1. The first-order valence-electron chi connectivity index (χ1n) is 6.26. The molecule has 0 spiro atoms. The molecule has 0 atom stereocenters. The van der Waals surface area contributed by atoms with Crippen LogP contribution in [0.15, 0.2) is 10.9 Å². The van der Waals surface area contributed by atoms with E-state index in [1.165, 1.54) is 18.9 Å². The van der Waals surface area contributed by atoms with Crippen molar-refractivity contribution in [1.29, 1.82) is 0 Å². The monoisotopic (exact) mass is 234 g/mol. The van der Waals surface area contributed by atoms with E-state index in [0.29, 0.717) is 18.3 Å². The van der Waals surface area contributed by atoms with Gasteiger partial charge in [0, 0.05) is 18.5 Å². The van der Waals surface area contributed by atoms with E-state index in [0.717, 1.165) is 25.2 Å². The summed E-state index contributed by atoms with van der Waals surface area (Å²) < 4.78 is 0. The highest BCUT2D eigenvalue weighted by Gasteiger charge is 2.40. The van der Waals surface area contributed by atoms with E-state index in [2.05, 4.69) is 15.3 Å². The summed E-state index contributed by atoms with van der Waals surface area (Å²) in [4.78, 5) is 18.8. The molecule has 0 bridgehead atoms. The molecule has 0 aliphatic heterocycles. The molecule has 2 fully saturated rings. The van der Waals surface area contributed by atoms with Crippen molar-refractivity contribution in [2.45, 2.75) is 31.6 Å². The molecule has 0 amide bonds. The van der Waals surface area contributed by atoms with E-state index in [1.54, 1.807) is 0 Å². The molecule has 0 unspecified atom stereocenters. The lowest BCUT2D eigenvalue weighted by Crippen LogP contribution is -2.25. The van der Waals surface area contributed by atoms with Gasteiger partial charge >= 0.3 is 0 Å². The molecule has 1 aromatic heterocycles. The molecule has 4 N–H and O–H groups in total. The first kappa shape index (κ1) is 10.8. The molecule has 1 aromatic rings. The topological polar surface area (TPSA) is 83.8 Å². The fourth-order valence-corrected chi connectivity index (χ4v) is 2.03. The van der Waals surface area contributed by atoms with E-state index in [4.69, 9.17) is 5.73 Å². The van der Waals surface area contributed by atoms with Crippen LogP contribution in [0.5, 0.6) is 0 Å². The van der Waals surface area contributed by atoms with Gasteiger partial charge in [0.05, 0.1) is 0 Å². The van der Waals surface area contributed by atoms with Crippen LogP contribution in [0, 0.1) is 5.41 Å². The molecule has 5 nitrogen and oxygen atoms in total. The van der Waals surface area contributed by atoms with Crippen molar-refractivity contribution in [2.75, 3.05) is 18.4 Å². The molecule has 5 heteroatoms. The Morgan fingerprint density at radius 3 is 2.88 bits per heavy atom. The summed E-state index contributed by atoms with van der Waals surface area (Å²) in [6.45, 7) is 1.53. The van der Waals surface area contributed by atoms with Gasteiger partial charge in [0.2, 0.25) is 0 Å². The first-order valence-corrected chi connectivity index (χ1v) is 6.26. The van der Waals surface area contributed by atoms with Crippen LogP contribution >= 0.6 is 0 Å². The summed E-state index contributed by atoms with van der Waals surface area (Å²) in [7, 11) is 0. The molecule has 92 valence electrons. The van der Waals surface area contributed by atoms with Crippen molar-refractivity contribution in [2.24, 2.45) is 11.1 Å². The zero-order chi connectivity index (χ0) is 11.9. The van der Waals surface area contributed by atoms with Gasteiger partial charge in [-0.3, -0.25) is 4.79 Å². The van der Waals surface area contributed by atoms with Crippen molar-refractivity contribution in [3.63, 3.8) is 0 Å². The van der Waals surface area contributed by atoms with E-state index in [1.807, 2.05) is 0 Å². The van der Waals surface area contributed by atoms with Gasteiger partial charge in [-0.15, -0.1) is 0 Å². The summed E-state index contributed by atoms with van der Waals surface area (Å²) in [6.07, 6.45) is 4.63. The normalized spacial score (nSPS) is 21.2. The maximum absolute atomic E-state index is 11.5. The number of aromatic nitrogens is 2. The van der Waals surface area contributed by atoms with E-state index in [9.17, 15) is 4.79 Å². The quantitative estimate of drug-likeness (QED) is 0.703. The summed E-state index contributed by atoms with van der Waals surface area (Å²) >= 11 is 0. The third-order valence-corrected chi connectivity index (χ3v) is 3.76. The second kappa shape index (κ2) is 3.84. The van der Waals surface area contributed by atoms with Crippen LogP contribution in [0.25, 0.3) is 0 Å². The molecule has 3 rings (SSSR count). The van der Waals surface area contributed by atoms with Gasteiger partial charge in [-0.2, -0.15) is 0 Å². The smallest absolute Gasteiger partial charge is 0.252 e. The number of hydrogen-bond donors (Lipinski definition) is 3. The van der Waals surface area contributed by atoms with Crippen LogP contribution in [0.4, 0.5) is 5.82 Å². The minimum absolute atomic E-state index is 0.0676. The number of nitrogens with one attached hydrogen (secondary N) is 2. The Kier molecular flexibility index (Phi) is 2.43. The highest BCUT2D eigenvalue weighted by Crippen LogP contribution is 2.44. The fourth-order valence-electron chi connectivity index (χ4n) is 2.03. The average molecular weight is 234 g/mol. The Labute approximate surface area is 99.8 Å². The predicted octanol–water partition coefficient (Wildman–Crippen LogP) is 0.798. The van der Waals surface area contributed by atoms with E-state index in [-0.39, 0.29) is 11.0 Å². The van der Waals surface area contributed by atoms with Crippen LogP contribution in [-0.4, -0.2) is 23.1 Å². The van der Waals surface area contributed by atoms with Gasteiger partial charge < -0.3 is 16.0 Å². The third kappa shape index (κ3) is 2.34. The molecular weight excluding hydrogens is 216 g/mol. The molecule has 2 aliphatic carbocycles. The second-order valence-corrected chi connectivity index (χ2v) is 5.35. The maximum atomic E-state index is 11.5. The lowest BCUT2D eigenvalue weighted by molar-refractivity contribution is 0.554. The molecule has 2 aliphatic rings. The Morgan fingerprint density at radius 1 is 1.53 bits per heavy atom. The maximum Gasteiger partial charge on any atom is 0.252 e. The van der Waals surface area contributed by atoms with Crippen molar-refractivity contribution >= 4 is 5.82 Å². The SMILES string of the molecule is NCC1(CNc2cc(=O)[nH]c(C3CC3)n2)CC1. The summed E-state index contributed by atoms with van der Waals surface area (Å²) in [5.74, 6) is 1.99. The standard InChI is InChI=1S/C12H18N4O/c13-6-12(3-4-12)7-14-9-5-10(17)16-11(15-9)8-1-2-8/h5,8H,1-4,6-7,13H2,(H2,14,15,16,17). The highest BCUT2D eigenvalue weighted by atomic mass is 16.1. The van der Waals surface area contributed by atoms with Crippen molar-refractivity contribution in [3.8, 4) is 0 Å². The first-order chi connectivity index (χ1) is 8.21. The average Bonchev–Trinajstić information content (AvgIpc) is 3.19. The number of nitrogens with two attached hydrogens (primary N) is 1. The number of hydrogen-bond acceptors (Lipinski definition) is 4. The zero-order valence-corrected chi connectivity index (χ0v) is 9.83. The van der Waals surface area contributed by atoms with Crippen molar-refractivity contribution < 1.29 is 0 Å². The number of rotatable bonds is 5. The molecule has 1 heterocycles. The second-order valence-electron chi connectivity index (χ2n) is 5.35. The Hall–Kier alpha value is -1.36. The Morgan fingerprint density at radius 2 is 2.29 bits per heavy atom. The Bertz CT molecular complexity index is 474. The molecule has 2 saturated carbocycles. The summed E-state index contributed by atoms with van der Waals surface area (Å²) in [6, 6.07) is 1.53. The largest absolute Gasteiger partial charge is 0.369 e. The molecule has 0 saturated heterocycles. The van der Waals surface area contributed by atoms with Gasteiger partial charge in [0.1, 0.15) is 11.6 Å². The van der Waals surface area contributed by atoms with Gasteiger partial charge in [-0.25, -0.2) is 4.98 Å². The summed E-state index contributed by atoms with van der Waals surface area (Å²) in [5, 5.41) is 3.25. The van der Waals surface area contributed by atoms with Crippen LogP contribution in [-0.2, 0) is 0 Å². The molecule has 0 aromatic carbocycles. The summed E-state index contributed by atoms with van der Waals surface area (Å²) in [5.41, 5.74) is 5.91.